The Bertz CT molecular complexity index is 537. The predicted octanol–water partition coefficient (Wildman–Crippen LogP) is 1.03. The maximum atomic E-state index is 12.0. The van der Waals surface area contributed by atoms with Crippen molar-refractivity contribution in [3.63, 3.8) is 0 Å². The molecule has 0 radical (unpaired) electrons. The van der Waals surface area contributed by atoms with Crippen molar-refractivity contribution in [3.8, 4) is 11.4 Å². The van der Waals surface area contributed by atoms with E-state index >= 15 is 0 Å². The second-order valence-electron chi connectivity index (χ2n) is 3.56. The summed E-state index contributed by atoms with van der Waals surface area (Å²) in [5.74, 6) is 0.441. The van der Waals surface area contributed by atoms with Crippen molar-refractivity contribution >= 4 is 5.91 Å². The second-order valence-corrected chi connectivity index (χ2v) is 3.56. The molecule has 1 amide bonds. The van der Waals surface area contributed by atoms with Crippen LogP contribution in [0.25, 0.3) is 5.69 Å². The van der Waals surface area contributed by atoms with E-state index in [1.54, 1.807) is 37.7 Å². The summed E-state index contributed by atoms with van der Waals surface area (Å²) in [5.41, 5.74) is 1.10. The van der Waals surface area contributed by atoms with E-state index in [-0.39, 0.29) is 5.91 Å². The van der Waals surface area contributed by atoms with Gasteiger partial charge in [-0.25, -0.2) is 0 Å². The van der Waals surface area contributed by atoms with Crippen molar-refractivity contribution in [2.24, 2.45) is 0 Å². The number of nitrogens with one attached hydrogen (secondary N) is 1. The molecule has 94 valence electrons. The molecule has 18 heavy (non-hydrogen) atoms. The van der Waals surface area contributed by atoms with Gasteiger partial charge in [0.2, 0.25) is 0 Å². The Morgan fingerprint density at radius 2 is 2.11 bits per heavy atom. The van der Waals surface area contributed by atoms with Crippen LogP contribution in [0.3, 0.4) is 0 Å². The summed E-state index contributed by atoms with van der Waals surface area (Å²) in [6.45, 7) is 2.42. The lowest BCUT2D eigenvalue weighted by Gasteiger charge is -2.10. The van der Waals surface area contributed by atoms with Crippen molar-refractivity contribution < 1.29 is 9.53 Å². The van der Waals surface area contributed by atoms with Crippen LogP contribution in [0.15, 0.2) is 30.6 Å². The van der Waals surface area contributed by atoms with Crippen LogP contribution in [0.4, 0.5) is 0 Å². The van der Waals surface area contributed by atoms with Gasteiger partial charge in [0, 0.05) is 6.54 Å². The Hall–Kier alpha value is -2.37. The summed E-state index contributed by atoms with van der Waals surface area (Å²) in [6.07, 6.45) is 3.12. The number of carbonyl (C=O) groups excluding carboxylic acids is 1. The van der Waals surface area contributed by atoms with E-state index in [2.05, 4.69) is 15.5 Å². The van der Waals surface area contributed by atoms with Gasteiger partial charge in [-0.1, -0.05) is 0 Å². The zero-order chi connectivity index (χ0) is 13.0. The molecular weight excluding hydrogens is 232 g/mol. The van der Waals surface area contributed by atoms with Crippen LogP contribution in [0.1, 0.15) is 17.3 Å². The minimum atomic E-state index is -0.177. The molecule has 1 aromatic carbocycles. The zero-order valence-electron chi connectivity index (χ0n) is 10.3. The number of ether oxygens (including phenoxy) is 1. The van der Waals surface area contributed by atoms with E-state index in [9.17, 15) is 4.79 Å². The lowest BCUT2D eigenvalue weighted by Crippen LogP contribution is -2.24. The first kappa shape index (κ1) is 12.1. The maximum absolute atomic E-state index is 12.0. The van der Waals surface area contributed by atoms with Gasteiger partial charge >= 0.3 is 0 Å². The number of rotatable bonds is 4. The molecule has 1 N–H and O–H groups in total. The van der Waals surface area contributed by atoms with Crippen LogP contribution in [0.2, 0.25) is 0 Å². The zero-order valence-corrected chi connectivity index (χ0v) is 10.3. The summed E-state index contributed by atoms with van der Waals surface area (Å²) in [4.78, 5) is 13.4. The molecule has 2 aromatic rings. The van der Waals surface area contributed by atoms with E-state index < -0.39 is 0 Å². The van der Waals surface area contributed by atoms with Gasteiger partial charge in [0.05, 0.1) is 30.8 Å². The summed E-state index contributed by atoms with van der Waals surface area (Å²) in [6, 6.07) is 5.19. The average molecular weight is 246 g/mol. The van der Waals surface area contributed by atoms with Gasteiger partial charge in [-0.3, -0.25) is 4.79 Å². The van der Waals surface area contributed by atoms with Crippen molar-refractivity contribution in [2.75, 3.05) is 13.7 Å². The molecule has 0 aliphatic rings. The number of amides is 1. The lowest BCUT2D eigenvalue weighted by molar-refractivity contribution is 0.0955. The minimum Gasteiger partial charge on any atom is -0.497 e. The molecule has 0 aliphatic heterocycles. The third-order valence-corrected chi connectivity index (χ3v) is 2.42. The Morgan fingerprint density at radius 1 is 1.39 bits per heavy atom. The summed E-state index contributed by atoms with van der Waals surface area (Å²) in [7, 11) is 1.56. The van der Waals surface area contributed by atoms with E-state index in [1.165, 1.54) is 4.80 Å². The van der Waals surface area contributed by atoms with Crippen LogP contribution in [-0.2, 0) is 0 Å². The standard InChI is InChI=1S/C12H14N4O2/c1-3-13-12(17)10-8-9(18-2)4-5-11(10)16-14-6-7-15-16/h4-8H,3H2,1-2H3,(H,13,17). The lowest BCUT2D eigenvalue weighted by atomic mass is 10.1. The molecule has 6 heteroatoms. The Balaban J connectivity index is 2.48. The maximum Gasteiger partial charge on any atom is 0.253 e. The Labute approximate surface area is 105 Å². The fourth-order valence-electron chi connectivity index (χ4n) is 1.59. The number of methoxy groups -OCH3 is 1. The van der Waals surface area contributed by atoms with Gasteiger partial charge < -0.3 is 10.1 Å². The number of hydrogen-bond donors (Lipinski definition) is 1. The first-order valence-electron chi connectivity index (χ1n) is 5.59. The number of nitrogens with zero attached hydrogens (tertiary/aromatic N) is 3. The van der Waals surface area contributed by atoms with Crippen LogP contribution < -0.4 is 10.1 Å². The van der Waals surface area contributed by atoms with Crippen molar-refractivity contribution in [2.45, 2.75) is 6.92 Å². The van der Waals surface area contributed by atoms with E-state index in [0.717, 1.165) is 0 Å². The van der Waals surface area contributed by atoms with Gasteiger partial charge in [-0.15, -0.1) is 0 Å². The highest BCUT2D eigenvalue weighted by molar-refractivity contribution is 5.98. The summed E-state index contributed by atoms with van der Waals surface area (Å²) < 4.78 is 5.13. The topological polar surface area (TPSA) is 69.0 Å². The van der Waals surface area contributed by atoms with Crippen molar-refractivity contribution in [3.05, 3.63) is 36.2 Å². The minimum absolute atomic E-state index is 0.177. The van der Waals surface area contributed by atoms with Crippen LogP contribution in [0, 0.1) is 0 Å². The number of benzene rings is 1. The molecule has 0 atom stereocenters. The molecule has 6 nitrogen and oxygen atoms in total. The number of carbonyl (C=O) groups is 1. The molecule has 0 unspecified atom stereocenters. The second kappa shape index (κ2) is 5.31. The molecule has 0 bridgehead atoms. The fraction of sp³-hybridized carbons (Fsp3) is 0.250. The molecule has 0 saturated carbocycles. The van der Waals surface area contributed by atoms with E-state index in [4.69, 9.17) is 4.74 Å². The molecule has 1 aromatic heterocycles. The van der Waals surface area contributed by atoms with Gasteiger partial charge in [0.15, 0.2) is 0 Å². The third kappa shape index (κ3) is 2.32. The van der Waals surface area contributed by atoms with Gasteiger partial charge in [0.1, 0.15) is 5.75 Å². The first-order chi connectivity index (χ1) is 8.76. The largest absolute Gasteiger partial charge is 0.497 e. The fourth-order valence-corrected chi connectivity index (χ4v) is 1.59. The number of hydrogen-bond acceptors (Lipinski definition) is 4. The van der Waals surface area contributed by atoms with Crippen molar-refractivity contribution in [1.82, 2.24) is 20.3 Å². The van der Waals surface area contributed by atoms with E-state index in [1.807, 2.05) is 6.92 Å². The highest BCUT2D eigenvalue weighted by Crippen LogP contribution is 2.20. The molecule has 0 fully saturated rings. The SMILES string of the molecule is CCNC(=O)c1cc(OC)ccc1-n1nccn1. The monoisotopic (exact) mass is 246 g/mol. The molecular formula is C12H14N4O2. The van der Waals surface area contributed by atoms with Gasteiger partial charge in [-0.2, -0.15) is 15.0 Å². The Kier molecular flexibility index (Phi) is 3.57. The molecule has 2 rings (SSSR count). The summed E-state index contributed by atoms with van der Waals surface area (Å²) >= 11 is 0. The third-order valence-electron chi connectivity index (χ3n) is 2.42. The first-order valence-corrected chi connectivity index (χ1v) is 5.59. The molecule has 1 heterocycles. The normalized spacial score (nSPS) is 10.1. The molecule has 0 saturated heterocycles. The predicted molar refractivity (Wildman–Crippen MR) is 65.9 cm³/mol. The molecule has 0 aliphatic carbocycles. The van der Waals surface area contributed by atoms with Gasteiger partial charge in [-0.05, 0) is 25.1 Å². The highest BCUT2D eigenvalue weighted by atomic mass is 16.5. The summed E-state index contributed by atoms with van der Waals surface area (Å²) in [5, 5.41) is 10.8. The highest BCUT2D eigenvalue weighted by Gasteiger charge is 2.14. The van der Waals surface area contributed by atoms with Crippen LogP contribution in [-0.4, -0.2) is 34.6 Å². The molecule has 0 spiro atoms. The Morgan fingerprint density at radius 3 is 2.72 bits per heavy atom. The van der Waals surface area contributed by atoms with Crippen LogP contribution >= 0.6 is 0 Å². The van der Waals surface area contributed by atoms with E-state index in [0.29, 0.717) is 23.5 Å². The average Bonchev–Trinajstić information content (AvgIpc) is 2.92. The number of aromatic nitrogens is 3. The van der Waals surface area contributed by atoms with Gasteiger partial charge in [0.25, 0.3) is 5.91 Å². The van der Waals surface area contributed by atoms with Crippen molar-refractivity contribution in [1.29, 1.82) is 0 Å². The smallest absolute Gasteiger partial charge is 0.253 e. The van der Waals surface area contributed by atoms with Crippen LogP contribution in [0.5, 0.6) is 5.75 Å². The quantitative estimate of drug-likeness (QED) is 0.874.